The Morgan fingerprint density at radius 2 is 1.78 bits per heavy atom. The molecule has 0 aromatic carbocycles. The summed E-state index contributed by atoms with van der Waals surface area (Å²) in [6.45, 7) is 6.29. The van der Waals surface area contributed by atoms with E-state index in [0.29, 0.717) is 26.2 Å². The number of sulfonamides is 1. The van der Waals surface area contributed by atoms with Crippen molar-refractivity contribution in [3.8, 4) is 0 Å². The molecule has 0 bridgehead atoms. The molecule has 0 saturated heterocycles. The Morgan fingerprint density at radius 3 is 2.33 bits per heavy atom. The van der Waals surface area contributed by atoms with Crippen molar-refractivity contribution in [2.24, 2.45) is 0 Å². The molecule has 0 heterocycles. The molecular weight excluding hydrogens is 280 g/mol. The average Bonchev–Trinajstić information content (AvgIpc) is 2.22. The molecule has 0 aliphatic heterocycles. The van der Waals surface area contributed by atoms with Crippen LogP contribution in [0.25, 0.3) is 0 Å². The zero-order valence-corrected chi connectivity index (χ0v) is 12.9. The highest BCUT2D eigenvalue weighted by Crippen LogP contribution is 1.90. The first-order chi connectivity index (χ1) is 7.98. The molecule has 0 rings (SSSR count). The van der Waals surface area contributed by atoms with E-state index in [0.717, 1.165) is 0 Å². The van der Waals surface area contributed by atoms with Gasteiger partial charge in [-0.1, -0.05) is 0 Å². The molecule has 112 valence electrons. The number of halogens is 1. The summed E-state index contributed by atoms with van der Waals surface area (Å²) >= 11 is 0. The predicted octanol–water partition coefficient (Wildman–Crippen LogP) is -0.0114. The van der Waals surface area contributed by atoms with Gasteiger partial charge < -0.3 is 14.8 Å². The normalized spacial score (nSPS) is 11.6. The van der Waals surface area contributed by atoms with Gasteiger partial charge in [-0.2, -0.15) is 0 Å². The molecule has 0 saturated carbocycles. The van der Waals surface area contributed by atoms with Gasteiger partial charge in [0.15, 0.2) is 0 Å². The van der Waals surface area contributed by atoms with Crippen LogP contribution in [-0.2, 0) is 19.5 Å². The fraction of sp³-hybridized carbons (Fsp3) is 1.00. The molecule has 0 spiro atoms. The lowest BCUT2D eigenvalue weighted by Crippen LogP contribution is -2.35. The molecule has 0 aromatic rings. The summed E-state index contributed by atoms with van der Waals surface area (Å²) in [5, 5.41) is 3.05. The highest BCUT2D eigenvalue weighted by molar-refractivity contribution is 7.89. The molecule has 0 aliphatic rings. The van der Waals surface area contributed by atoms with E-state index in [-0.39, 0.29) is 30.9 Å². The summed E-state index contributed by atoms with van der Waals surface area (Å²) in [4.78, 5) is 0. The van der Waals surface area contributed by atoms with Gasteiger partial charge in [0.2, 0.25) is 10.0 Å². The average molecular weight is 305 g/mol. The second-order valence-electron chi connectivity index (χ2n) is 3.88. The SMILES string of the molecule is COCCNCCNS(=O)(=O)CCOC(C)C.Cl. The third-order valence-corrected chi connectivity index (χ3v) is 3.26. The van der Waals surface area contributed by atoms with Gasteiger partial charge in [0, 0.05) is 26.7 Å². The fourth-order valence-corrected chi connectivity index (χ4v) is 1.93. The van der Waals surface area contributed by atoms with E-state index in [4.69, 9.17) is 9.47 Å². The van der Waals surface area contributed by atoms with Crippen LogP contribution in [0.3, 0.4) is 0 Å². The topological polar surface area (TPSA) is 76.7 Å². The van der Waals surface area contributed by atoms with E-state index in [2.05, 4.69) is 10.0 Å². The van der Waals surface area contributed by atoms with Crippen molar-refractivity contribution >= 4 is 22.4 Å². The van der Waals surface area contributed by atoms with Gasteiger partial charge in [0.25, 0.3) is 0 Å². The molecule has 6 nitrogen and oxygen atoms in total. The molecule has 0 unspecified atom stereocenters. The Labute approximate surface area is 116 Å². The quantitative estimate of drug-likeness (QED) is 0.525. The summed E-state index contributed by atoms with van der Waals surface area (Å²) in [6.07, 6.45) is 0.0564. The molecule has 0 fully saturated rings. The van der Waals surface area contributed by atoms with Crippen molar-refractivity contribution in [3.05, 3.63) is 0 Å². The first kappa shape index (κ1) is 20.4. The number of nitrogens with one attached hydrogen (secondary N) is 2. The van der Waals surface area contributed by atoms with Crippen molar-refractivity contribution in [2.45, 2.75) is 20.0 Å². The third kappa shape index (κ3) is 14.1. The van der Waals surface area contributed by atoms with Crippen LogP contribution in [0.2, 0.25) is 0 Å². The summed E-state index contributed by atoms with van der Waals surface area (Å²) in [6, 6.07) is 0. The number of methoxy groups -OCH3 is 1. The highest BCUT2D eigenvalue weighted by Gasteiger charge is 2.09. The lowest BCUT2D eigenvalue weighted by atomic mass is 10.5. The standard InChI is InChI=1S/C10H24N2O4S.ClH/c1-10(2)16-8-9-17(13,14)12-5-4-11-6-7-15-3;/h10-12H,4-9H2,1-3H3;1H. The van der Waals surface area contributed by atoms with Gasteiger partial charge in [-0.15, -0.1) is 12.4 Å². The molecule has 0 radical (unpaired) electrons. The molecule has 8 heteroatoms. The van der Waals surface area contributed by atoms with Crippen LogP contribution >= 0.6 is 12.4 Å². The van der Waals surface area contributed by atoms with Gasteiger partial charge in [-0.3, -0.25) is 0 Å². The Morgan fingerprint density at radius 1 is 1.11 bits per heavy atom. The van der Waals surface area contributed by atoms with Crippen LogP contribution in [0.1, 0.15) is 13.8 Å². The second-order valence-corrected chi connectivity index (χ2v) is 5.80. The fourth-order valence-electron chi connectivity index (χ4n) is 1.06. The van der Waals surface area contributed by atoms with Gasteiger partial charge in [0.05, 0.1) is 25.1 Å². The minimum atomic E-state index is -3.22. The van der Waals surface area contributed by atoms with Gasteiger partial charge in [-0.25, -0.2) is 13.1 Å². The number of hydrogen-bond donors (Lipinski definition) is 2. The summed E-state index contributed by atoms with van der Waals surface area (Å²) in [5.41, 5.74) is 0. The van der Waals surface area contributed by atoms with Crippen LogP contribution in [0.4, 0.5) is 0 Å². The van der Waals surface area contributed by atoms with Crippen LogP contribution < -0.4 is 10.0 Å². The molecule has 0 aliphatic carbocycles. The maximum Gasteiger partial charge on any atom is 0.213 e. The Kier molecular flexibility index (Phi) is 13.7. The molecule has 0 atom stereocenters. The van der Waals surface area contributed by atoms with Crippen molar-refractivity contribution in [2.75, 3.05) is 45.7 Å². The Hall–Kier alpha value is 0.0800. The third-order valence-electron chi connectivity index (χ3n) is 1.91. The lowest BCUT2D eigenvalue weighted by molar-refractivity contribution is 0.0911. The van der Waals surface area contributed by atoms with E-state index in [1.165, 1.54) is 0 Å². The minimum absolute atomic E-state index is 0. The maximum atomic E-state index is 11.5. The molecule has 2 N–H and O–H groups in total. The first-order valence-corrected chi connectivity index (χ1v) is 7.42. The van der Waals surface area contributed by atoms with E-state index < -0.39 is 10.0 Å². The second kappa shape index (κ2) is 12.1. The van der Waals surface area contributed by atoms with Crippen molar-refractivity contribution in [3.63, 3.8) is 0 Å². The number of hydrogen-bond acceptors (Lipinski definition) is 5. The van der Waals surface area contributed by atoms with Crippen LogP contribution in [0.5, 0.6) is 0 Å². The smallest absolute Gasteiger partial charge is 0.213 e. The summed E-state index contributed by atoms with van der Waals surface area (Å²) in [7, 11) is -1.59. The van der Waals surface area contributed by atoms with Crippen LogP contribution in [0.15, 0.2) is 0 Å². The van der Waals surface area contributed by atoms with E-state index in [9.17, 15) is 8.42 Å². The van der Waals surface area contributed by atoms with Crippen LogP contribution in [0, 0.1) is 0 Å². The monoisotopic (exact) mass is 304 g/mol. The van der Waals surface area contributed by atoms with Crippen molar-refractivity contribution in [1.29, 1.82) is 0 Å². The largest absolute Gasteiger partial charge is 0.383 e. The Balaban J connectivity index is 0. The van der Waals surface area contributed by atoms with Gasteiger partial charge >= 0.3 is 0 Å². The molecule has 18 heavy (non-hydrogen) atoms. The van der Waals surface area contributed by atoms with E-state index in [1.54, 1.807) is 7.11 Å². The predicted molar refractivity (Wildman–Crippen MR) is 74.9 cm³/mol. The zero-order valence-electron chi connectivity index (χ0n) is 11.3. The Bertz CT molecular complexity index is 273. The first-order valence-electron chi connectivity index (χ1n) is 5.76. The van der Waals surface area contributed by atoms with E-state index in [1.807, 2.05) is 13.8 Å². The van der Waals surface area contributed by atoms with E-state index >= 15 is 0 Å². The van der Waals surface area contributed by atoms with Crippen molar-refractivity contribution < 1.29 is 17.9 Å². The molecule has 0 aromatic heterocycles. The lowest BCUT2D eigenvalue weighted by Gasteiger charge is -2.09. The highest BCUT2D eigenvalue weighted by atomic mass is 35.5. The summed E-state index contributed by atoms with van der Waals surface area (Å²) in [5.74, 6) is 0.00323. The minimum Gasteiger partial charge on any atom is -0.383 e. The van der Waals surface area contributed by atoms with Crippen LogP contribution in [-0.4, -0.2) is 60.2 Å². The van der Waals surface area contributed by atoms with Crippen molar-refractivity contribution in [1.82, 2.24) is 10.0 Å². The molecule has 0 amide bonds. The maximum absolute atomic E-state index is 11.5. The summed E-state index contributed by atoms with van der Waals surface area (Å²) < 4.78 is 35.4. The zero-order chi connectivity index (χ0) is 13.1. The van der Waals surface area contributed by atoms with Gasteiger partial charge in [0.1, 0.15) is 0 Å². The van der Waals surface area contributed by atoms with Gasteiger partial charge in [-0.05, 0) is 13.8 Å². The number of ether oxygens (including phenoxy) is 2. The number of rotatable bonds is 11. The molecular formula is C10H25ClN2O4S.